The van der Waals surface area contributed by atoms with E-state index in [2.05, 4.69) is 16.0 Å². The molecule has 1 atom stereocenters. The zero-order chi connectivity index (χ0) is 19.9. The van der Waals surface area contributed by atoms with E-state index in [0.717, 1.165) is 16.0 Å². The molecule has 0 saturated heterocycles. The number of nitrogens with one attached hydrogen (secondary N) is 2. The Kier molecular flexibility index (Phi) is 6.86. The third-order valence-corrected chi connectivity index (χ3v) is 5.65. The van der Waals surface area contributed by atoms with Crippen LogP contribution in [0.4, 0.5) is 5.69 Å². The van der Waals surface area contributed by atoms with Crippen LogP contribution in [0.2, 0.25) is 0 Å². The van der Waals surface area contributed by atoms with Gasteiger partial charge in [-0.25, -0.2) is 0 Å². The Morgan fingerprint density at radius 1 is 1.04 bits per heavy atom. The second kappa shape index (κ2) is 9.54. The van der Waals surface area contributed by atoms with E-state index in [-0.39, 0.29) is 6.54 Å². The summed E-state index contributed by atoms with van der Waals surface area (Å²) in [6.07, 6.45) is 0.997. The van der Waals surface area contributed by atoms with Crippen LogP contribution in [-0.2, 0) is 9.59 Å². The molecular formula is C21H20N2O3S2. The smallest absolute Gasteiger partial charge is 0.313 e. The van der Waals surface area contributed by atoms with Gasteiger partial charge in [0.1, 0.15) is 0 Å². The van der Waals surface area contributed by atoms with Crippen molar-refractivity contribution in [1.29, 1.82) is 0 Å². The fourth-order valence-corrected chi connectivity index (χ4v) is 3.86. The van der Waals surface area contributed by atoms with Gasteiger partial charge in [0.15, 0.2) is 0 Å². The maximum atomic E-state index is 12.1. The van der Waals surface area contributed by atoms with Crippen LogP contribution in [-0.4, -0.2) is 29.7 Å². The fourth-order valence-electron chi connectivity index (χ4n) is 2.64. The molecule has 0 aliphatic rings. The molecule has 1 heterocycles. The number of benzene rings is 2. The minimum atomic E-state index is -0.897. The summed E-state index contributed by atoms with van der Waals surface area (Å²) in [5.41, 5.74) is 3.45. The Hall–Kier alpha value is -2.61. The molecule has 3 aromatic rings. The van der Waals surface area contributed by atoms with Crippen molar-refractivity contribution in [3.63, 3.8) is 0 Å². The Morgan fingerprint density at radius 3 is 2.46 bits per heavy atom. The van der Waals surface area contributed by atoms with Crippen LogP contribution in [0.5, 0.6) is 0 Å². The number of aliphatic hydroxyl groups is 1. The molecule has 28 heavy (non-hydrogen) atoms. The van der Waals surface area contributed by atoms with E-state index in [0.29, 0.717) is 11.3 Å². The van der Waals surface area contributed by atoms with Crippen LogP contribution in [0.15, 0.2) is 70.3 Å². The highest BCUT2D eigenvalue weighted by atomic mass is 32.2. The summed E-state index contributed by atoms with van der Waals surface area (Å²) in [6.45, 7) is -0.0474. The third kappa shape index (κ3) is 5.01. The van der Waals surface area contributed by atoms with Crippen LogP contribution in [0, 0.1) is 0 Å². The van der Waals surface area contributed by atoms with Crippen LogP contribution in [0.3, 0.4) is 0 Å². The number of aliphatic hydroxyl groups excluding tert-OH is 1. The van der Waals surface area contributed by atoms with Crippen molar-refractivity contribution in [3.05, 3.63) is 70.9 Å². The van der Waals surface area contributed by atoms with Crippen molar-refractivity contribution >= 4 is 40.6 Å². The summed E-state index contributed by atoms with van der Waals surface area (Å²) >= 11 is 3.10. The molecule has 3 rings (SSSR count). The Morgan fingerprint density at radius 2 is 1.79 bits per heavy atom. The van der Waals surface area contributed by atoms with Gasteiger partial charge in [0.25, 0.3) is 0 Å². The molecule has 144 valence electrons. The molecule has 0 aliphatic heterocycles. The minimum Gasteiger partial charge on any atom is -0.387 e. The molecule has 7 heteroatoms. The second-order valence-electron chi connectivity index (χ2n) is 6.01. The molecule has 3 N–H and O–H groups in total. The van der Waals surface area contributed by atoms with Gasteiger partial charge in [0.2, 0.25) is 0 Å². The van der Waals surface area contributed by atoms with Crippen molar-refractivity contribution in [2.45, 2.75) is 11.0 Å². The van der Waals surface area contributed by atoms with Gasteiger partial charge in [0, 0.05) is 11.4 Å². The number of thioether (sulfide) groups is 1. The maximum Gasteiger partial charge on any atom is 0.313 e. The van der Waals surface area contributed by atoms with E-state index in [4.69, 9.17) is 0 Å². The predicted octanol–water partition coefficient (Wildman–Crippen LogP) is 3.93. The van der Waals surface area contributed by atoms with Crippen molar-refractivity contribution in [3.8, 4) is 11.1 Å². The lowest BCUT2D eigenvalue weighted by Crippen LogP contribution is -2.37. The summed E-state index contributed by atoms with van der Waals surface area (Å²) in [7, 11) is 0. The number of hydrogen-bond acceptors (Lipinski definition) is 5. The molecule has 0 bridgehead atoms. The minimum absolute atomic E-state index is 0.0474. The highest BCUT2D eigenvalue weighted by molar-refractivity contribution is 7.98. The lowest BCUT2D eigenvalue weighted by Gasteiger charge is -2.13. The van der Waals surface area contributed by atoms with Crippen LogP contribution >= 0.6 is 23.1 Å². The zero-order valence-electron chi connectivity index (χ0n) is 15.2. The number of anilines is 1. The van der Waals surface area contributed by atoms with Gasteiger partial charge in [-0.05, 0) is 51.9 Å². The normalized spacial score (nSPS) is 11.6. The first kappa shape index (κ1) is 20.1. The summed E-state index contributed by atoms with van der Waals surface area (Å²) in [5.74, 6) is -1.55. The van der Waals surface area contributed by atoms with Crippen molar-refractivity contribution in [1.82, 2.24) is 5.32 Å². The van der Waals surface area contributed by atoms with E-state index < -0.39 is 17.9 Å². The molecule has 0 unspecified atom stereocenters. The third-order valence-electron chi connectivity index (χ3n) is 4.17. The fraction of sp³-hybridized carbons (Fsp3) is 0.143. The molecule has 5 nitrogen and oxygen atoms in total. The van der Waals surface area contributed by atoms with E-state index in [1.54, 1.807) is 23.5 Å². The Labute approximate surface area is 171 Å². The number of para-hydroxylation sites is 1. The Bertz CT molecular complexity index is 941. The SMILES string of the molecule is CSc1ccccc1NC(=O)C(=O)NC[C@H](O)c1ccc(-c2ccsc2)cc1. The lowest BCUT2D eigenvalue weighted by atomic mass is 10.0. The van der Waals surface area contributed by atoms with Gasteiger partial charge < -0.3 is 15.7 Å². The van der Waals surface area contributed by atoms with Crippen LogP contribution < -0.4 is 10.6 Å². The van der Waals surface area contributed by atoms with Gasteiger partial charge in [-0.2, -0.15) is 11.3 Å². The highest BCUT2D eigenvalue weighted by Gasteiger charge is 2.17. The number of thiophene rings is 1. The largest absolute Gasteiger partial charge is 0.387 e. The number of rotatable bonds is 6. The number of carbonyl (C=O) groups is 2. The quantitative estimate of drug-likeness (QED) is 0.423. The van der Waals surface area contributed by atoms with Gasteiger partial charge in [-0.1, -0.05) is 36.4 Å². The van der Waals surface area contributed by atoms with Gasteiger partial charge in [-0.3, -0.25) is 9.59 Å². The molecule has 2 aromatic carbocycles. The van der Waals surface area contributed by atoms with Gasteiger partial charge >= 0.3 is 11.8 Å². The van der Waals surface area contributed by atoms with Crippen molar-refractivity contribution in [2.24, 2.45) is 0 Å². The standard InChI is InChI=1S/C21H20N2O3S2/c1-27-19-5-3-2-4-17(19)23-21(26)20(25)22-12-18(24)15-8-6-14(7-9-15)16-10-11-28-13-16/h2-11,13,18,24H,12H2,1H3,(H,22,25)(H,23,26)/t18-/m0/s1. The molecule has 0 spiro atoms. The van der Waals surface area contributed by atoms with Crippen LogP contribution in [0.25, 0.3) is 11.1 Å². The average molecular weight is 413 g/mol. The number of carbonyl (C=O) groups excluding carboxylic acids is 2. The molecule has 2 amide bonds. The molecule has 1 aromatic heterocycles. The monoisotopic (exact) mass is 412 g/mol. The van der Waals surface area contributed by atoms with Crippen LogP contribution in [0.1, 0.15) is 11.7 Å². The summed E-state index contributed by atoms with van der Waals surface area (Å²) in [5, 5.41) is 19.4. The van der Waals surface area contributed by atoms with Gasteiger partial charge in [0.05, 0.1) is 11.8 Å². The second-order valence-corrected chi connectivity index (χ2v) is 7.64. The topological polar surface area (TPSA) is 78.4 Å². The van der Waals surface area contributed by atoms with Gasteiger partial charge in [-0.15, -0.1) is 11.8 Å². The molecule has 0 saturated carbocycles. The molecule has 0 fully saturated rings. The van der Waals surface area contributed by atoms with Crippen molar-refractivity contribution < 1.29 is 14.7 Å². The molecule has 0 aliphatic carbocycles. The highest BCUT2D eigenvalue weighted by Crippen LogP contribution is 2.25. The first-order valence-corrected chi connectivity index (χ1v) is 10.8. The first-order chi connectivity index (χ1) is 13.6. The van der Waals surface area contributed by atoms with E-state index in [1.165, 1.54) is 11.8 Å². The first-order valence-electron chi connectivity index (χ1n) is 8.61. The number of amides is 2. The number of hydrogen-bond donors (Lipinski definition) is 3. The molecular weight excluding hydrogens is 392 g/mol. The molecule has 0 radical (unpaired) electrons. The predicted molar refractivity (Wildman–Crippen MR) is 115 cm³/mol. The zero-order valence-corrected chi connectivity index (χ0v) is 16.8. The van der Waals surface area contributed by atoms with E-state index in [1.807, 2.05) is 54.1 Å². The van der Waals surface area contributed by atoms with E-state index in [9.17, 15) is 14.7 Å². The van der Waals surface area contributed by atoms with E-state index >= 15 is 0 Å². The summed E-state index contributed by atoms with van der Waals surface area (Å²) < 4.78 is 0. The Balaban J connectivity index is 1.54. The lowest BCUT2D eigenvalue weighted by molar-refractivity contribution is -0.136. The maximum absolute atomic E-state index is 12.1. The summed E-state index contributed by atoms with van der Waals surface area (Å²) in [6, 6.07) is 16.8. The summed E-state index contributed by atoms with van der Waals surface area (Å²) in [4.78, 5) is 25.0. The average Bonchev–Trinajstić information content (AvgIpc) is 3.27. The van der Waals surface area contributed by atoms with Crippen molar-refractivity contribution in [2.75, 3.05) is 18.1 Å².